The van der Waals surface area contributed by atoms with Crippen molar-refractivity contribution in [3.8, 4) is 0 Å². The van der Waals surface area contributed by atoms with Crippen LogP contribution in [0.2, 0.25) is 0 Å². The van der Waals surface area contributed by atoms with Gasteiger partial charge in [0.15, 0.2) is 0 Å². The SMILES string of the molecule is Fc1cc(F)c(CCC[CH]C(CCCc2c(F)cc(F)cc2F)Cc2c(F)cc(F)cc2F)c(F)c1. The summed E-state index contributed by atoms with van der Waals surface area (Å²) in [6, 6.07) is 3.33. The maximum Gasteiger partial charge on any atom is 0.132 e. The quantitative estimate of drug-likeness (QED) is 0.177. The van der Waals surface area contributed by atoms with Gasteiger partial charge < -0.3 is 0 Å². The molecule has 0 amide bonds. The first-order valence-electron chi connectivity index (χ1n) is 11.3. The zero-order chi connectivity index (χ0) is 26.4. The van der Waals surface area contributed by atoms with E-state index in [-0.39, 0.29) is 61.6 Å². The summed E-state index contributed by atoms with van der Waals surface area (Å²) in [5, 5.41) is 0. The number of unbranched alkanes of at least 4 members (excludes halogenated alkanes) is 1. The highest BCUT2D eigenvalue weighted by molar-refractivity contribution is 5.23. The van der Waals surface area contributed by atoms with Gasteiger partial charge in [-0.25, -0.2) is 39.5 Å². The minimum absolute atomic E-state index is 0.0631. The molecule has 0 N–H and O–H groups in total. The second-order valence-electron chi connectivity index (χ2n) is 8.53. The highest BCUT2D eigenvalue weighted by atomic mass is 19.2. The lowest BCUT2D eigenvalue weighted by Gasteiger charge is -2.18. The van der Waals surface area contributed by atoms with E-state index in [4.69, 9.17) is 0 Å². The van der Waals surface area contributed by atoms with Crippen LogP contribution in [0.4, 0.5) is 39.5 Å². The van der Waals surface area contributed by atoms with Crippen LogP contribution in [0.3, 0.4) is 0 Å². The third-order valence-corrected chi connectivity index (χ3v) is 5.92. The van der Waals surface area contributed by atoms with E-state index in [1.807, 2.05) is 0 Å². The van der Waals surface area contributed by atoms with Crippen molar-refractivity contribution in [3.63, 3.8) is 0 Å². The fourth-order valence-electron chi connectivity index (χ4n) is 4.13. The Hall–Kier alpha value is -2.97. The van der Waals surface area contributed by atoms with Crippen LogP contribution in [0, 0.1) is 64.7 Å². The van der Waals surface area contributed by atoms with Crippen molar-refractivity contribution in [2.75, 3.05) is 0 Å². The van der Waals surface area contributed by atoms with Gasteiger partial charge in [0.1, 0.15) is 52.4 Å². The second-order valence-corrected chi connectivity index (χ2v) is 8.53. The molecular formula is C27H22F9. The molecule has 0 heterocycles. The highest BCUT2D eigenvalue weighted by Gasteiger charge is 2.19. The van der Waals surface area contributed by atoms with Crippen LogP contribution in [0.1, 0.15) is 42.4 Å². The summed E-state index contributed by atoms with van der Waals surface area (Å²) in [4.78, 5) is 0. The van der Waals surface area contributed by atoms with E-state index < -0.39 is 58.3 Å². The third kappa shape index (κ3) is 7.27. The first-order valence-corrected chi connectivity index (χ1v) is 11.3. The predicted octanol–water partition coefficient (Wildman–Crippen LogP) is 8.35. The Balaban J connectivity index is 1.66. The number of rotatable bonds is 11. The summed E-state index contributed by atoms with van der Waals surface area (Å²) in [7, 11) is 0. The molecule has 0 spiro atoms. The maximum absolute atomic E-state index is 14.2. The van der Waals surface area contributed by atoms with Crippen molar-refractivity contribution in [3.05, 3.63) is 112 Å². The lowest BCUT2D eigenvalue weighted by molar-refractivity contribution is 0.456. The number of hydrogen-bond acceptors (Lipinski definition) is 0. The molecule has 3 rings (SSSR count). The van der Waals surface area contributed by atoms with Gasteiger partial charge in [-0.2, -0.15) is 0 Å². The monoisotopic (exact) mass is 517 g/mol. The molecule has 0 fully saturated rings. The maximum atomic E-state index is 14.2. The van der Waals surface area contributed by atoms with Gasteiger partial charge in [-0.05, 0) is 57.3 Å². The highest BCUT2D eigenvalue weighted by Crippen LogP contribution is 2.27. The first kappa shape index (κ1) is 27.6. The van der Waals surface area contributed by atoms with Crippen molar-refractivity contribution in [1.29, 1.82) is 0 Å². The Morgan fingerprint density at radius 2 is 0.861 bits per heavy atom. The van der Waals surface area contributed by atoms with E-state index in [1.54, 1.807) is 6.42 Å². The predicted molar refractivity (Wildman–Crippen MR) is 116 cm³/mol. The van der Waals surface area contributed by atoms with Crippen molar-refractivity contribution in [2.45, 2.75) is 44.9 Å². The van der Waals surface area contributed by atoms with Crippen LogP contribution in [-0.4, -0.2) is 0 Å². The second kappa shape index (κ2) is 12.3. The lowest BCUT2D eigenvalue weighted by atomic mass is 9.88. The van der Waals surface area contributed by atoms with E-state index in [2.05, 4.69) is 0 Å². The molecule has 0 aliphatic carbocycles. The van der Waals surface area contributed by atoms with Gasteiger partial charge in [0.2, 0.25) is 0 Å². The normalized spacial score (nSPS) is 12.2. The fourth-order valence-corrected chi connectivity index (χ4v) is 4.13. The smallest absolute Gasteiger partial charge is 0.132 e. The summed E-state index contributed by atoms with van der Waals surface area (Å²) in [5.41, 5.74) is -0.983. The molecule has 1 radical (unpaired) electrons. The van der Waals surface area contributed by atoms with Gasteiger partial charge in [0.25, 0.3) is 0 Å². The molecule has 36 heavy (non-hydrogen) atoms. The van der Waals surface area contributed by atoms with Crippen LogP contribution in [0.15, 0.2) is 36.4 Å². The van der Waals surface area contributed by atoms with E-state index in [0.29, 0.717) is 36.4 Å². The van der Waals surface area contributed by atoms with Gasteiger partial charge >= 0.3 is 0 Å². The number of halogens is 9. The number of hydrogen-bond donors (Lipinski definition) is 0. The third-order valence-electron chi connectivity index (χ3n) is 5.92. The lowest BCUT2D eigenvalue weighted by Crippen LogP contribution is -2.11. The standard InChI is InChI=1S/C27H22F9/c28-16-9-22(31)19(23(32)10-16)6-2-1-4-15(8-21-26(35)13-18(30)14-27(21)36)5-3-7-20-24(33)11-17(29)12-25(20)34/h4,9-15H,1-3,5-8H2. The van der Waals surface area contributed by atoms with Gasteiger partial charge in [-0.15, -0.1) is 0 Å². The van der Waals surface area contributed by atoms with Gasteiger partial charge in [0.05, 0.1) is 0 Å². The summed E-state index contributed by atoms with van der Waals surface area (Å²) in [5.74, 6) is -10.0. The zero-order valence-electron chi connectivity index (χ0n) is 19.0. The Morgan fingerprint density at radius 3 is 1.28 bits per heavy atom. The molecule has 1 unspecified atom stereocenters. The Bertz CT molecular complexity index is 1140. The minimum Gasteiger partial charge on any atom is -0.207 e. The van der Waals surface area contributed by atoms with E-state index in [0.717, 1.165) is 0 Å². The van der Waals surface area contributed by atoms with Crippen molar-refractivity contribution in [1.82, 2.24) is 0 Å². The molecule has 3 aromatic rings. The van der Waals surface area contributed by atoms with Crippen molar-refractivity contribution < 1.29 is 39.5 Å². The summed E-state index contributed by atoms with van der Waals surface area (Å²) in [6.45, 7) is 0. The largest absolute Gasteiger partial charge is 0.207 e. The van der Waals surface area contributed by atoms with Crippen molar-refractivity contribution >= 4 is 0 Å². The van der Waals surface area contributed by atoms with E-state index >= 15 is 0 Å². The topological polar surface area (TPSA) is 0 Å². The molecule has 3 aromatic carbocycles. The molecule has 0 saturated heterocycles. The molecule has 0 saturated carbocycles. The molecule has 1 atom stereocenters. The Kier molecular flexibility index (Phi) is 9.45. The Labute approximate surface area is 202 Å². The molecule has 0 bridgehead atoms. The average molecular weight is 517 g/mol. The molecule has 9 heteroatoms. The zero-order valence-corrected chi connectivity index (χ0v) is 19.0. The van der Waals surface area contributed by atoms with E-state index in [9.17, 15) is 39.5 Å². The van der Waals surface area contributed by atoms with Crippen LogP contribution in [0.25, 0.3) is 0 Å². The van der Waals surface area contributed by atoms with Crippen LogP contribution >= 0.6 is 0 Å². The molecule has 193 valence electrons. The molecule has 0 aromatic heterocycles. The summed E-state index contributed by atoms with van der Waals surface area (Å²) in [6.07, 6.45) is 2.17. The van der Waals surface area contributed by atoms with Crippen LogP contribution in [-0.2, 0) is 19.3 Å². The van der Waals surface area contributed by atoms with E-state index in [1.165, 1.54) is 0 Å². The van der Waals surface area contributed by atoms with Gasteiger partial charge in [0, 0.05) is 53.1 Å². The number of benzene rings is 3. The molecular weight excluding hydrogens is 495 g/mol. The summed E-state index contributed by atoms with van der Waals surface area (Å²) < 4.78 is 123. The minimum atomic E-state index is -1.09. The summed E-state index contributed by atoms with van der Waals surface area (Å²) >= 11 is 0. The van der Waals surface area contributed by atoms with Gasteiger partial charge in [-0.3, -0.25) is 0 Å². The molecule has 0 aliphatic heterocycles. The molecule has 0 nitrogen and oxygen atoms in total. The van der Waals surface area contributed by atoms with Gasteiger partial charge in [-0.1, -0.05) is 0 Å². The van der Waals surface area contributed by atoms with Crippen LogP contribution in [0.5, 0.6) is 0 Å². The Morgan fingerprint density at radius 1 is 0.500 bits per heavy atom. The fraction of sp³-hybridized carbons (Fsp3) is 0.296. The molecule has 0 aliphatic rings. The van der Waals surface area contributed by atoms with Crippen LogP contribution < -0.4 is 0 Å². The average Bonchev–Trinajstić information content (AvgIpc) is 2.76. The first-order chi connectivity index (χ1) is 17.0. The van der Waals surface area contributed by atoms with Crippen molar-refractivity contribution in [2.24, 2.45) is 5.92 Å².